The number of aryl methyl sites for hydroxylation is 1. The van der Waals surface area contributed by atoms with Gasteiger partial charge in [-0.1, -0.05) is 66.2 Å². The minimum Gasteiger partial charge on any atom is -0.333 e. The Hall–Kier alpha value is -2.99. The zero-order valence-corrected chi connectivity index (χ0v) is 16.1. The molecule has 2 aromatic carbocycles. The van der Waals surface area contributed by atoms with Gasteiger partial charge in [0.05, 0.1) is 0 Å². The Morgan fingerprint density at radius 1 is 1.22 bits per heavy atom. The maximum absolute atomic E-state index is 13.0. The number of nitrogens with one attached hydrogen (secondary N) is 1. The molecule has 0 atom stereocenters. The van der Waals surface area contributed by atoms with Crippen molar-refractivity contribution < 1.29 is 4.79 Å². The number of aromatic nitrogens is 3. The van der Waals surface area contributed by atoms with Crippen molar-refractivity contribution in [2.24, 2.45) is 0 Å². The third kappa shape index (κ3) is 4.60. The number of amides is 1. The summed E-state index contributed by atoms with van der Waals surface area (Å²) in [6.45, 7) is 6.92. The molecule has 0 fully saturated rings. The zero-order chi connectivity index (χ0) is 19.2. The lowest BCUT2D eigenvalue weighted by Gasteiger charge is -2.22. The summed E-state index contributed by atoms with van der Waals surface area (Å²) in [6, 6.07) is 17.9. The average Bonchev–Trinajstić information content (AvgIpc) is 3.03. The summed E-state index contributed by atoms with van der Waals surface area (Å²) in [5.74, 6) is 0.622. The second-order valence-electron chi connectivity index (χ2n) is 6.35. The first-order chi connectivity index (χ1) is 13.1. The number of aromatic amines is 1. The second-order valence-corrected chi connectivity index (χ2v) is 6.74. The summed E-state index contributed by atoms with van der Waals surface area (Å²) in [7, 11) is 0. The number of benzene rings is 2. The topological polar surface area (TPSA) is 53.9 Å². The van der Waals surface area contributed by atoms with Crippen molar-refractivity contribution in [1.29, 1.82) is 0 Å². The van der Waals surface area contributed by atoms with Crippen LogP contribution in [0.15, 0.2) is 67.3 Å². The summed E-state index contributed by atoms with van der Waals surface area (Å²) >= 11 is 5.35. The number of carbonyl (C=O) groups excluding carboxylic acids is 1. The van der Waals surface area contributed by atoms with E-state index in [9.17, 15) is 4.79 Å². The third-order valence-electron chi connectivity index (χ3n) is 4.28. The van der Waals surface area contributed by atoms with Gasteiger partial charge in [0, 0.05) is 18.7 Å². The Bertz CT molecular complexity index is 973. The highest BCUT2D eigenvalue weighted by Crippen LogP contribution is 2.18. The van der Waals surface area contributed by atoms with Gasteiger partial charge in [0.15, 0.2) is 10.6 Å². The molecule has 3 aromatic rings. The van der Waals surface area contributed by atoms with Crippen LogP contribution in [0.25, 0.3) is 11.4 Å². The Labute approximate surface area is 164 Å². The van der Waals surface area contributed by atoms with Crippen molar-refractivity contribution in [3.05, 3.63) is 83.2 Å². The van der Waals surface area contributed by atoms with E-state index >= 15 is 0 Å². The fraction of sp³-hybridized carbons (Fsp3) is 0.190. The normalized spacial score (nSPS) is 10.6. The fourth-order valence-corrected chi connectivity index (χ4v) is 3.03. The summed E-state index contributed by atoms with van der Waals surface area (Å²) in [5.41, 5.74) is 3.15. The molecule has 5 nitrogen and oxygen atoms in total. The number of rotatable bonds is 7. The fourth-order valence-electron chi connectivity index (χ4n) is 2.84. The van der Waals surface area contributed by atoms with Crippen molar-refractivity contribution in [3.8, 4) is 11.4 Å². The van der Waals surface area contributed by atoms with Gasteiger partial charge in [-0.25, -0.2) is 0 Å². The SMILES string of the molecule is C=CCN(Cc1ccccc1)C(=O)Cn1c(-c2ccc(C)cc2)n[nH]c1=S. The van der Waals surface area contributed by atoms with E-state index in [1.165, 1.54) is 0 Å². The summed E-state index contributed by atoms with van der Waals surface area (Å²) in [5, 5.41) is 7.11. The van der Waals surface area contributed by atoms with Gasteiger partial charge in [0.25, 0.3) is 0 Å². The molecule has 0 unspecified atom stereocenters. The maximum atomic E-state index is 13.0. The molecule has 27 heavy (non-hydrogen) atoms. The highest BCUT2D eigenvalue weighted by Gasteiger charge is 2.17. The maximum Gasteiger partial charge on any atom is 0.243 e. The molecule has 1 aromatic heterocycles. The molecule has 0 aliphatic rings. The van der Waals surface area contributed by atoms with Crippen molar-refractivity contribution in [2.45, 2.75) is 20.0 Å². The second kappa shape index (κ2) is 8.60. The van der Waals surface area contributed by atoms with E-state index in [4.69, 9.17) is 12.2 Å². The quantitative estimate of drug-likeness (QED) is 0.497. The average molecular weight is 379 g/mol. The molecule has 1 amide bonds. The molecule has 3 rings (SSSR count). The first-order valence-electron chi connectivity index (χ1n) is 8.73. The highest BCUT2D eigenvalue weighted by molar-refractivity contribution is 7.71. The number of carbonyl (C=O) groups is 1. The van der Waals surface area contributed by atoms with Gasteiger partial charge in [-0.05, 0) is 24.7 Å². The summed E-state index contributed by atoms with van der Waals surface area (Å²) < 4.78 is 2.17. The third-order valence-corrected chi connectivity index (χ3v) is 4.59. The first-order valence-corrected chi connectivity index (χ1v) is 9.14. The van der Waals surface area contributed by atoms with Crippen LogP contribution in [0.4, 0.5) is 0 Å². The van der Waals surface area contributed by atoms with E-state index in [-0.39, 0.29) is 12.5 Å². The van der Waals surface area contributed by atoms with E-state index in [0.717, 1.165) is 16.7 Å². The van der Waals surface area contributed by atoms with Crippen LogP contribution in [-0.2, 0) is 17.9 Å². The Kier molecular flexibility index (Phi) is 5.98. The largest absolute Gasteiger partial charge is 0.333 e. The van der Waals surface area contributed by atoms with Gasteiger partial charge in [0.2, 0.25) is 5.91 Å². The predicted molar refractivity (Wildman–Crippen MR) is 110 cm³/mol. The predicted octanol–water partition coefficient (Wildman–Crippen LogP) is 4.13. The van der Waals surface area contributed by atoms with Crippen molar-refractivity contribution >= 4 is 18.1 Å². The highest BCUT2D eigenvalue weighted by atomic mass is 32.1. The van der Waals surface area contributed by atoms with Gasteiger partial charge in [-0.15, -0.1) is 6.58 Å². The Morgan fingerprint density at radius 2 is 1.93 bits per heavy atom. The van der Waals surface area contributed by atoms with Crippen LogP contribution in [0.5, 0.6) is 0 Å². The van der Waals surface area contributed by atoms with Gasteiger partial charge in [-0.2, -0.15) is 5.10 Å². The van der Waals surface area contributed by atoms with Crippen molar-refractivity contribution in [1.82, 2.24) is 19.7 Å². The molecule has 0 saturated carbocycles. The molecule has 0 aliphatic heterocycles. The Balaban J connectivity index is 1.83. The smallest absolute Gasteiger partial charge is 0.243 e. The minimum atomic E-state index is -0.0374. The monoisotopic (exact) mass is 378 g/mol. The van der Waals surface area contributed by atoms with Gasteiger partial charge in [0.1, 0.15) is 6.54 Å². The molecule has 0 saturated heterocycles. The van der Waals surface area contributed by atoms with E-state index in [1.54, 1.807) is 15.5 Å². The van der Waals surface area contributed by atoms with Crippen LogP contribution in [0.2, 0.25) is 0 Å². The lowest BCUT2D eigenvalue weighted by atomic mass is 10.1. The summed E-state index contributed by atoms with van der Waals surface area (Å²) in [6.07, 6.45) is 1.73. The molecule has 0 spiro atoms. The Morgan fingerprint density at radius 3 is 2.59 bits per heavy atom. The molecule has 138 valence electrons. The van der Waals surface area contributed by atoms with Gasteiger partial charge < -0.3 is 4.90 Å². The van der Waals surface area contributed by atoms with E-state index in [1.807, 2.05) is 61.5 Å². The first kappa shape index (κ1) is 18.8. The number of nitrogens with zero attached hydrogens (tertiary/aromatic N) is 3. The van der Waals surface area contributed by atoms with Crippen LogP contribution >= 0.6 is 12.2 Å². The molecule has 0 radical (unpaired) electrons. The summed E-state index contributed by atoms with van der Waals surface area (Å²) in [4.78, 5) is 14.7. The van der Waals surface area contributed by atoms with E-state index in [2.05, 4.69) is 16.8 Å². The van der Waals surface area contributed by atoms with Crippen molar-refractivity contribution in [3.63, 3.8) is 0 Å². The molecular formula is C21H22N4OS. The molecular weight excluding hydrogens is 356 g/mol. The lowest BCUT2D eigenvalue weighted by Crippen LogP contribution is -2.33. The van der Waals surface area contributed by atoms with E-state index in [0.29, 0.717) is 23.7 Å². The standard InChI is InChI=1S/C21H22N4OS/c1-3-13-24(14-17-7-5-4-6-8-17)19(26)15-25-20(22-23-21(25)27)18-11-9-16(2)10-12-18/h3-12H,1,13-15H2,2H3,(H,23,27). The molecule has 0 aliphatic carbocycles. The van der Waals surface area contributed by atoms with Gasteiger partial charge >= 0.3 is 0 Å². The number of hydrogen-bond acceptors (Lipinski definition) is 3. The molecule has 0 bridgehead atoms. The van der Waals surface area contributed by atoms with E-state index < -0.39 is 0 Å². The molecule has 1 N–H and O–H groups in total. The van der Waals surface area contributed by atoms with Crippen LogP contribution in [-0.4, -0.2) is 32.1 Å². The number of hydrogen-bond donors (Lipinski definition) is 1. The van der Waals surface area contributed by atoms with Gasteiger partial charge in [-0.3, -0.25) is 14.5 Å². The minimum absolute atomic E-state index is 0.0374. The van der Waals surface area contributed by atoms with Crippen molar-refractivity contribution in [2.75, 3.05) is 6.54 Å². The van der Waals surface area contributed by atoms with Crippen LogP contribution < -0.4 is 0 Å². The molecule has 1 heterocycles. The number of H-pyrrole nitrogens is 1. The lowest BCUT2D eigenvalue weighted by molar-refractivity contribution is -0.131. The zero-order valence-electron chi connectivity index (χ0n) is 15.3. The van der Waals surface area contributed by atoms with Crippen LogP contribution in [0, 0.1) is 11.7 Å². The molecule has 6 heteroatoms. The van der Waals surface area contributed by atoms with Crippen LogP contribution in [0.1, 0.15) is 11.1 Å². The van der Waals surface area contributed by atoms with Crippen LogP contribution in [0.3, 0.4) is 0 Å².